The zero-order valence-electron chi connectivity index (χ0n) is 9.36. The number of aryl methyl sites for hydroxylation is 1. The number of benzene rings is 1. The quantitative estimate of drug-likeness (QED) is 0.775. The van der Waals surface area contributed by atoms with Crippen molar-refractivity contribution in [3.05, 3.63) is 29.3 Å². The number of hydrogen-bond acceptors (Lipinski definition) is 3. The van der Waals surface area contributed by atoms with Gasteiger partial charge in [-0.25, -0.2) is 0 Å². The summed E-state index contributed by atoms with van der Waals surface area (Å²) in [5.41, 5.74) is 7.44. The molecule has 1 atom stereocenters. The zero-order chi connectivity index (χ0) is 11.3. The number of aliphatic hydroxyl groups excluding tert-OH is 1. The molecule has 0 amide bonds. The van der Waals surface area contributed by atoms with E-state index in [1.807, 2.05) is 18.2 Å². The molecule has 15 heavy (non-hydrogen) atoms. The molecule has 0 saturated carbocycles. The second-order valence-electron chi connectivity index (χ2n) is 3.52. The average molecular weight is 209 g/mol. The second kappa shape index (κ2) is 5.73. The first-order valence-corrected chi connectivity index (χ1v) is 5.27. The third kappa shape index (κ3) is 2.94. The Morgan fingerprint density at radius 2 is 2.20 bits per heavy atom. The molecule has 3 heteroatoms. The molecule has 3 nitrogen and oxygen atoms in total. The summed E-state index contributed by atoms with van der Waals surface area (Å²) < 4.78 is 5.22. The van der Waals surface area contributed by atoms with Gasteiger partial charge in [-0.1, -0.05) is 13.0 Å². The van der Waals surface area contributed by atoms with Crippen LogP contribution in [0.25, 0.3) is 0 Å². The Balaban J connectivity index is 2.92. The maximum atomic E-state index is 9.78. The topological polar surface area (TPSA) is 55.5 Å². The van der Waals surface area contributed by atoms with Crippen molar-refractivity contribution in [3.63, 3.8) is 0 Å². The number of ether oxygens (including phenoxy) is 1. The van der Waals surface area contributed by atoms with Crippen molar-refractivity contribution in [2.75, 3.05) is 13.7 Å². The lowest BCUT2D eigenvalue weighted by Gasteiger charge is -2.13. The molecule has 0 spiro atoms. The van der Waals surface area contributed by atoms with Crippen molar-refractivity contribution < 1.29 is 9.84 Å². The first kappa shape index (κ1) is 12.0. The van der Waals surface area contributed by atoms with Crippen LogP contribution in [0.15, 0.2) is 18.2 Å². The van der Waals surface area contributed by atoms with E-state index in [2.05, 4.69) is 6.92 Å². The number of nitrogens with two attached hydrogens (primary N) is 1. The molecule has 0 heterocycles. The normalized spacial score (nSPS) is 12.5. The molecule has 0 bridgehead atoms. The van der Waals surface area contributed by atoms with Crippen LogP contribution in [0.5, 0.6) is 5.75 Å². The van der Waals surface area contributed by atoms with Crippen LogP contribution < -0.4 is 10.5 Å². The van der Waals surface area contributed by atoms with E-state index >= 15 is 0 Å². The Labute approximate surface area is 90.9 Å². The molecule has 84 valence electrons. The van der Waals surface area contributed by atoms with Gasteiger partial charge in [0.05, 0.1) is 13.2 Å². The Morgan fingerprint density at radius 3 is 2.73 bits per heavy atom. The number of rotatable bonds is 5. The molecule has 3 N–H and O–H groups in total. The lowest BCUT2D eigenvalue weighted by Crippen LogP contribution is -2.07. The highest BCUT2D eigenvalue weighted by Crippen LogP contribution is 2.24. The van der Waals surface area contributed by atoms with Gasteiger partial charge in [-0.15, -0.1) is 0 Å². The van der Waals surface area contributed by atoms with Crippen molar-refractivity contribution in [3.8, 4) is 5.75 Å². The molecule has 1 unspecified atom stereocenters. The maximum Gasteiger partial charge on any atom is 0.122 e. The fraction of sp³-hybridized carbons (Fsp3) is 0.500. The predicted molar refractivity (Wildman–Crippen MR) is 61.0 cm³/mol. The highest BCUT2D eigenvalue weighted by atomic mass is 16.5. The van der Waals surface area contributed by atoms with Gasteiger partial charge >= 0.3 is 0 Å². The Hall–Kier alpha value is -1.06. The van der Waals surface area contributed by atoms with Gasteiger partial charge in [0.25, 0.3) is 0 Å². The minimum absolute atomic E-state index is 0.466. The van der Waals surface area contributed by atoms with Gasteiger partial charge in [-0.05, 0) is 42.6 Å². The first-order valence-electron chi connectivity index (χ1n) is 5.27. The molecule has 0 radical (unpaired) electrons. The van der Waals surface area contributed by atoms with Gasteiger partial charge in [0.1, 0.15) is 5.75 Å². The molecule has 0 aliphatic heterocycles. The van der Waals surface area contributed by atoms with Crippen LogP contribution >= 0.6 is 0 Å². The minimum Gasteiger partial charge on any atom is -0.496 e. The molecule has 0 aliphatic rings. The van der Waals surface area contributed by atoms with Crippen LogP contribution in [-0.4, -0.2) is 18.8 Å². The summed E-state index contributed by atoms with van der Waals surface area (Å²) in [4.78, 5) is 0. The fourth-order valence-corrected chi connectivity index (χ4v) is 1.61. The van der Waals surface area contributed by atoms with Crippen LogP contribution in [0.4, 0.5) is 0 Å². The fourth-order valence-electron chi connectivity index (χ4n) is 1.61. The van der Waals surface area contributed by atoms with E-state index in [0.717, 1.165) is 23.3 Å². The maximum absolute atomic E-state index is 9.78. The SMILES string of the molecule is CCc1cc(C(O)CCN)ccc1OC. The van der Waals surface area contributed by atoms with E-state index in [0.29, 0.717) is 13.0 Å². The van der Waals surface area contributed by atoms with E-state index in [4.69, 9.17) is 10.5 Å². The molecule has 1 rings (SSSR count). The summed E-state index contributed by atoms with van der Waals surface area (Å²) >= 11 is 0. The van der Waals surface area contributed by atoms with Crippen molar-refractivity contribution in [1.29, 1.82) is 0 Å². The minimum atomic E-state index is -0.466. The van der Waals surface area contributed by atoms with E-state index < -0.39 is 6.10 Å². The summed E-state index contributed by atoms with van der Waals surface area (Å²) in [6.07, 6.45) is 1.02. The molecule has 0 aliphatic carbocycles. The van der Waals surface area contributed by atoms with Crippen LogP contribution in [-0.2, 0) is 6.42 Å². The predicted octanol–water partition coefficient (Wildman–Crippen LogP) is 1.64. The largest absolute Gasteiger partial charge is 0.496 e. The molecular weight excluding hydrogens is 190 g/mol. The Kier molecular flexibility index (Phi) is 4.59. The molecule has 1 aromatic carbocycles. The first-order chi connectivity index (χ1) is 7.22. The monoisotopic (exact) mass is 209 g/mol. The third-order valence-corrected chi connectivity index (χ3v) is 2.51. The van der Waals surface area contributed by atoms with Gasteiger partial charge in [0.15, 0.2) is 0 Å². The third-order valence-electron chi connectivity index (χ3n) is 2.51. The van der Waals surface area contributed by atoms with Crippen LogP contribution in [0.2, 0.25) is 0 Å². The summed E-state index contributed by atoms with van der Waals surface area (Å²) in [6.45, 7) is 2.56. The lowest BCUT2D eigenvalue weighted by atomic mass is 10.0. The summed E-state index contributed by atoms with van der Waals surface area (Å²) in [5, 5.41) is 9.78. The highest BCUT2D eigenvalue weighted by molar-refractivity contribution is 5.38. The summed E-state index contributed by atoms with van der Waals surface area (Å²) in [7, 11) is 1.66. The molecule has 0 fully saturated rings. The standard InChI is InChI=1S/C12H19NO2/c1-3-9-8-10(11(14)6-7-13)4-5-12(9)15-2/h4-5,8,11,14H,3,6-7,13H2,1-2H3. The molecule has 1 aromatic rings. The van der Waals surface area contributed by atoms with Gasteiger partial charge < -0.3 is 15.6 Å². The summed E-state index contributed by atoms with van der Waals surface area (Å²) in [6, 6.07) is 5.77. The second-order valence-corrected chi connectivity index (χ2v) is 3.52. The average Bonchev–Trinajstić information content (AvgIpc) is 2.28. The molecular formula is C12H19NO2. The smallest absolute Gasteiger partial charge is 0.122 e. The van der Waals surface area contributed by atoms with Crippen molar-refractivity contribution in [1.82, 2.24) is 0 Å². The van der Waals surface area contributed by atoms with E-state index in [1.165, 1.54) is 0 Å². The molecule has 0 saturated heterocycles. The van der Waals surface area contributed by atoms with Gasteiger partial charge in [0, 0.05) is 0 Å². The van der Waals surface area contributed by atoms with Crippen molar-refractivity contribution in [2.45, 2.75) is 25.9 Å². The van der Waals surface area contributed by atoms with E-state index in [-0.39, 0.29) is 0 Å². The van der Waals surface area contributed by atoms with Crippen molar-refractivity contribution in [2.24, 2.45) is 5.73 Å². The van der Waals surface area contributed by atoms with Crippen LogP contribution in [0.1, 0.15) is 30.6 Å². The Morgan fingerprint density at radius 1 is 1.47 bits per heavy atom. The molecule has 0 aromatic heterocycles. The van der Waals surface area contributed by atoms with Crippen molar-refractivity contribution >= 4 is 0 Å². The number of aliphatic hydroxyl groups is 1. The lowest BCUT2D eigenvalue weighted by molar-refractivity contribution is 0.170. The van der Waals surface area contributed by atoms with Gasteiger partial charge in [-0.2, -0.15) is 0 Å². The van der Waals surface area contributed by atoms with Gasteiger partial charge in [0.2, 0.25) is 0 Å². The number of hydrogen-bond donors (Lipinski definition) is 2. The van der Waals surface area contributed by atoms with Gasteiger partial charge in [-0.3, -0.25) is 0 Å². The Bertz CT molecular complexity index is 312. The highest BCUT2D eigenvalue weighted by Gasteiger charge is 2.09. The number of methoxy groups -OCH3 is 1. The van der Waals surface area contributed by atoms with Crippen LogP contribution in [0, 0.1) is 0 Å². The van der Waals surface area contributed by atoms with Crippen LogP contribution in [0.3, 0.4) is 0 Å². The van der Waals surface area contributed by atoms with E-state index in [9.17, 15) is 5.11 Å². The zero-order valence-corrected chi connectivity index (χ0v) is 9.36. The summed E-state index contributed by atoms with van der Waals surface area (Å²) in [5.74, 6) is 0.876. The van der Waals surface area contributed by atoms with E-state index in [1.54, 1.807) is 7.11 Å².